The highest BCUT2D eigenvalue weighted by Crippen LogP contribution is 2.30. The Kier molecular flexibility index (Phi) is 6.37. The van der Waals surface area contributed by atoms with E-state index in [2.05, 4.69) is 13.2 Å². The van der Waals surface area contributed by atoms with Crippen molar-refractivity contribution in [2.24, 2.45) is 0 Å². The van der Waals surface area contributed by atoms with E-state index in [0.717, 1.165) is 12.8 Å². The van der Waals surface area contributed by atoms with Crippen LogP contribution in [0.5, 0.6) is 0 Å². The summed E-state index contributed by atoms with van der Waals surface area (Å²) in [5.41, 5.74) is 0.452. The molecule has 0 heterocycles. The largest absolute Gasteiger partial charge is 0.334 e. The van der Waals surface area contributed by atoms with Crippen molar-refractivity contribution >= 4 is 17.5 Å². The smallest absolute Gasteiger partial charge is 0.237 e. The highest BCUT2D eigenvalue weighted by atomic mass is 35.5. The van der Waals surface area contributed by atoms with Crippen LogP contribution in [0.4, 0.5) is 4.39 Å². The highest BCUT2D eigenvalue weighted by Gasteiger charge is 2.32. The third-order valence-electron chi connectivity index (χ3n) is 3.88. The zero-order valence-electron chi connectivity index (χ0n) is 13.2. The van der Waals surface area contributed by atoms with Gasteiger partial charge in [0.1, 0.15) is 5.82 Å². The maximum Gasteiger partial charge on any atom is 0.237 e. The topological polar surface area (TPSA) is 23.6 Å². The molecule has 0 bridgehead atoms. The molecule has 0 N–H and O–H groups in total. The molecular weight excluding hydrogens is 315 g/mol. The quantitative estimate of drug-likeness (QED) is 0.643. The molecule has 0 aromatic heterocycles. The molecule has 0 radical (unpaired) electrons. The minimum atomic E-state index is -0.329. The lowest BCUT2D eigenvalue weighted by atomic mass is 10.2. The van der Waals surface area contributed by atoms with E-state index in [4.69, 9.17) is 11.6 Å². The fraction of sp³-hybridized carbons (Fsp3) is 0.389. The average Bonchev–Trinajstić information content (AvgIpc) is 3.34. The standard InChI is InChI=1S/C18H22ClFN2O/c1-3-10-21(11-4-2)18(23)13-22(14-8-9-14)12-15-16(19)6-5-7-17(15)20/h3-7,14H,1-2,8-13H2. The number of halogens is 2. The predicted molar refractivity (Wildman–Crippen MR) is 91.8 cm³/mol. The van der Waals surface area contributed by atoms with Gasteiger partial charge in [0.15, 0.2) is 0 Å². The van der Waals surface area contributed by atoms with Crippen molar-refractivity contribution in [1.29, 1.82) is 0 Å². The molecule has 1 aliphatic carbocycles. The van der Waals surface area contributed by atoms with E-state index >= 15 is 0 Å². The Morgan fingerprint density at radius 3 is 2.48 bits per heavy atom. The van der Waals surface area contributed by atoms with E-state index in [1.54, 1.807) is 29.2 Å². The van der Waals surface area contributed by atoms with Gasteiger partial charge >= 0.3 is 0 Å². The summed E-state index contributed by atoms with van der Waals surface area (Å²) >= 11 is 6.11. The van der Waals surface area contributed by atoms with Crippen LogP contribution < -0.4 is 0 Å². The van der Waals surface area contributed by atoms with Crippen LogP contribution in [0.3, 0.4) is 0 Å². The van der Waals surface area contributed by atoms with Gasteiger partial charge in [0.25, 0.3) is 0 Å². The molecule has 124 valence electrons. The number of carbonyl (C=O) groups is 1. The van der Waals surface area contributed by atoms with Crippen LogP contribution in [0.15, 0.2) is 43.5 Å². The van der Waals surface area contributed by atoms with Crippen molar-refractivity contribution in [3.8, 4) is 0 Å². The Morgan fingerprint density at radius 2 is 1.96 bits per heavy atom. The van der Waals surface area contributed by atoms with E-state index in [0.29, 0.717) is 36.3 Å². The van der Waals surface area contributed by atoms with E-state index in [9.17, 15) is 9.18 Å². The molecule has 0 saturated heterocycles. The molecule has 1 aliphatic rings. The third-order valence-corrected chi connectivity index (χ3v) is 4.23. The van der Waals surface area contributed by atoms with Crippen LogP contribution in [0.25, 0.3) is 0 Å². The molecule has 0 spiro atoms. The molecule has 1 fully saturated rings. The normalized spacial score (nSPS) is 13.9. The second-order valence-corrected chi connectivity index (χ2v) is 6.12. The number of rotatable bonds is 9. The van der Waals surface area contributed by atoms with Gasteiger partial charge < -0.3 is 4.90 Å². The van der Waals surface area contributed by atoms with E-state index in [-0.39, 0.29) is 18.3 Å². The number of benzene rings is 1. The monoisotopic (exact) mass is 336 g/mol. The fourth-order valence-electron chi connectivity index (χ4n) is 2.50. The highest BCUT2D eigenvalue weighted by molar-refractivity contribution is 6.31. The zero-order valence-corrected chi connectivity index (χ0v) is 13.9. The van der Waals surface area contributed by atoms with Gasteiger partial charge in [-0.2, -0.15) is 0 Å². The molecule has 2 rings (SSSR count). The summed E-state index contributed by atoms with van der Waals surface area (Å²) in [6, 6.07) is 4.98. The first-order valence-corrected chi connectivity index (χ1v) is 8.11. The Labute approximate surface area is 142 Å². The lowest BCUT2D eigenvalue weighted by Gasteiger charge is -2.26. The first-order valence-electron chi connectivity index (χ1n) is 7.73. The molecule has 1 aromatic carbocycles. The van der Waals surface area contributed by atoms with Gasteiger partial charge in [0.2, 0.25) is 5.91 Å². The average molecular weight is 337 g/mol. The van der Waals surface area contributed by atoms with Crippen molar-refractivity contribution in [2.75, 3.05) is 19.6 Å². The summed E-state index contributed by atoms with van der Waals surface area (Å²) in [6.07, 6.45) is 5.44. The van der Waals surface area contributed by atoms with Gasteiger partial charge in [0.05, 0.1) is 6.54 Å². The third kappa shape index (κ3) is 4.91. The molecule has 23 heavy (non-hydrogen) atoms. The van der Waals surface area contributed by atoms with Crippen LogP contribution in [0, 0.1) is 5.82 Å². The Hall–Kier alpha value is -1.65. The van der Waals surface area contributed by atoms with Gasteiger partial charge in [-0.15, -0.1) is 13.2 Å². The molecule has 1 aromatic rings. The first-order chi connectivity index (χ1) is 11.1. The Bertz CT molecular complexity index is 556. The van der Waals surface area contributed by atoms with Crippen molar-refractivity contribution in [1.82, 2.24) is 9.80 Å². The SMILES string of the molecule is C=CCN(CC=C)C(=O)CN(Cc1c(F)cccc1Cl)C1CC1. The number of hydrogen-bond acceptors (Lipinski definition) is 2. The predicted octanol–water partition coefficient (Wildman–Crippen LogP) is 3.64. The molecule has 5 heteroatoms. The van der Waals surface area contributed by atoms with Gasteiger partial charge in [-0.05, 0) is 25.0 Å². The minimum Gasteiger partial charge on any atom is -0.334 e. The van der Waals surface area contributed by atoms with E-state index in [1.165, 1.54) is 6.07 Å². The molecule has 1 saturated carbocycles. The Balaban J connectivity index is 2.08. The minimum absolute atomic E-state index is 0.0100. The van der Waals surface area contributed by atoms with Crippen molar-refractivity contribution in [3.05, 3.63) is 59.9 Å². The summed E-state index contributed by atoms with van der Waals surface area (Å²) in [5.74, 6) is -0.339. The van der Waals surface area contributed by atoms with Crippen LogP contribution in [0.1, 0.15) is 18.4 Å². The molecule has 0 unspecified atom stereocenters. The molecule has 1 amide bonds. The second-order valence-electron chi connectivity index (χ2n) is 5.71. The molecule has 0 aliphatic heterocycles. The summed E-state index contributed by atoms with van der Waals surface area (Å²) in [7, 11) is 0. The van der Waals surface area contributed by atoms with Gasteiger partial charge in [0, 0.05) is 36.3 Å². The summed E-state index contributed by atoms with van der Waals surface area (Å²) in [6.45, 7) is 8.89. The number of amides is 1. The van der Waals surface area contributed by atoms with Crippen LogP contribution >= 0.6 is 11.6 Å². The zero-order chi connectivity index (χ0) is 16.8. The molecule has 3 nitrogen and oxygen atoms in total. The summed E-state index contributed by atoms with van der Waals surface area (Å²) < 4.78 is 14.0. The number of hydrogen-bond donors (Lipinski definition) is 0. The second kappa shape index (κ2) is 8.27. The van der Waals surface area contributed by atoms with Crippen molar-refractivity contribution in [2.45, 2.75) is 25.4 Å². The van der Waals surface area contributed by atoms with Gasteiger partial charge in [-0.1, -0.05) is 29.8 Å². The lowest BCUT2D eigenvalue weighted by Crippen LogP contribution is -2.41. The van der Waals surface area contributed by atoms with Gasteiger partial charge in [-0.3, -0.25) is 9.69 Å². The number of nitrogens with zero attached hydrogens (tertiary/aromatic N) is 2. The molecular formula is C18H22ClFN2O. The lowest BCUT2D eigenvalue weighted by molar-refractivity contribution is -0.131. The first kappa shape index (κ1) is 17.7. The Morgan fingerprint density at radius 1 is 1.30 bits per heavy atom. The fourth-order valence-corrected chi connectivity index (χ4v) is 2.73. The van der Waals surface area contributed by atoms with Crippen molar-refractivity contribution < 1.29 is 9.18 Å². The number of carbonyl (C=O) groups excluding carboxylic acids is 1. The molecule has 0 atom stereocenters. The van der Waals surface area contributed by atoms with Crippen molar-refractivity contribution in [3.63, 3.8) is 0 Å². The van der Waals surface area contributed by atoms with E-state index in [1.807, 2.05) is 4.90 Å². The van der Waals surface area contributed by atoms with Gasteiger partial charge in [-0.25, -0.2) is 4.39 Å². The van der Waals surface area contributed by atoms with Crippen LogP contribution in [-0.2, 0) is 11.3 Å². The van der Waals surface area contributed by atoms with E-state index < -0.39 is 0 Å². The maximum absolute atomic E-state index is 14.0. The summed E-state index contributed by atoms with van der Waals surface area (Å²) in [5, 5.41) is 0.400. The van der Waals surface area contributed by atoms with Crippen LogP contribution in [-0.4, -0.2) is 41.4 Å². The van der Waals surface area contributed by atoms with Crippen LogP contribution in [0.2, 0.25) is 5.02 Å². The maximum atomic E-state index is 14.0. The summed E-state index contributed by atoms with van der Waals surface area (Å²) in [4.78, 5) is 16.2.